The second-order valence-electron chi connectivity index (χ2n) is 5.37. The van der Waals surface area contributed by atoms with Crippen LogP contribution in [0, 0.1) is 0 Å². The first kappa shape index (κ1) is 17.0. The summed E-state index contributed by atoms with van der Waals surface area (Å²) in [7, 11) is 0. The molecule has 1 rings (SSSR count). The van der Waals surface area contributed by atoms with Gasteiger partial charge in [-0.05, 0) is 50.1 Å². The standard InChI is InChI=1S/C15H18ClNO4/c1-15(2,3)21-14(20)17-9-11-4-6-12(16)8-10(11)5-7-13(18)19/h4-8H,9H2,1-3H3,(H,17,20)(H,18,19). The van der Waals surface area contributed by atoms with Crippen LogP contribution in [0.1, 0.15) is 31.9 Å². The second kappa shape index (κ2) is 7.13. The number of hydrogen-bond acceptors (Lipinski definition) is 3. The third kappa shape index (κ3) is 6.81. The van der Waals surface area contributed by atoms with Crippen LogP contribution in [0.5, 0.6) is 0 Å². The summed E-state index contributed by atoms with van der Waals surface area (Å²) in [6, 6.07) is 5.03. The minimum absolute atomic E-state index is 0.214. The number of benzene rings is 1. The fourth-order valence-corrected chi connectivity index (χ4v) is 1.71. The highest BCUT2D eigenvalue weighted by atomic mass is 35.5. The molecule has 0 radical (unpaired) electrons. The molecule has 0 atom stereocenters. The molecule has 0 aliphatic heterocycles. The Morgan fingerprint density at radius 1 is 1.38 bits per heavy atom. The summed E-state index contributed by atoms with van der Waals surface area (Å²) in [6.45, 7) is 5.53. The Balaban J connectivity index is 2.79. The second-order valence-corrected chi connectivity index (χ2v) is 5.81. The number of nitrogens with one attached hydrogen (secondary N) is 1. The molecule has 0 bridgehead atoms. The molecule has 1 aromatic rings. The number of carbonyl (C=O) groups excluding carboxylic acids is 1. The van der Waals surface area contributed by atoms with Crippen molar-refractivity contribution in [3.05, 3.63) is 40.4 Å². The zero-order valence-corrected chi connectivity index (χ0v) is 12.9. The van der Waals surface area contributed by atoms with Crippen molar-refractivity contribution in [2.75, 3.05) is 0 Å². The van der Waals surface area contributed by atoms with Gasteiger partial charge in [-0.3, -0.25) is 0 Å². The van der Waals surface area contributed by atoms with E-state index in [1.54, 1.807) is 39.0 Å². The van der Waals surface area contributed by atoms with Gasteiger partial charge in [-0.1, -0.05) is 17.7 Å². The maximum absolute atomic E-state index is 11.6. The highest BCUT2D eigenvalue weighted by Crippen LogP contribution is 2.18. The van der Waals surface area contributed by atoms with Crippen molar-refractivity contribution in [2.24, 2.45) is 0 Å². The number of halogens is 1. The van der Waals surface area contributed by atoms with Crippen LogP contribution in [-0.4, -0.2) is 22.8 Å². The summed E-state index contributed by atoms with van der Waals surface area (Å²) in [5.74, 6) is -1.05. The number of ether oxygens (including phenoxy) is 1. The van der Waals surface area contributed by atoms with E-state index in [1.807, 2.05) is 0 Å². The summed E-state index contributed by atoms with van der Waals surface area (Å²) in [5.41, 5.74) is 0.791. The van der Waals surface area contributed by atoms with Crippen LogP contribution in [0.3, 0.4) is 0 Å². The number of hydrogen-bond donors (Lipinski definition) is 2. The first-order chi connectivity index (χ1) is 9.67. The van der Waals surface area contributed by atoms with Gasteiger partial charge in [-0.25, -0.2) is 9.59 Å². The van der Waals surface area contributed by atoms with Crippen molar-refractivity contribution in [1.29, 1.82) is 0 Å². The van der Waals surface area contributed by atoms with Gasteiger partial charge < -0.3 is 15.2 Å². The van der Waals surface area contributed by atoms with Crippen molar-refractivity contribution < 1.29 is 19.4 Å². The van der Waals surface area contributed by atoms with Gasteiger partial charge in [0, 0.05) is 17.6 Å². The fourth-order valence-electron chi connectivity index (χ4n) is 1.52. The van der Waals surface area contributed by atoms with Gasteiger partial charge in [0.2, 0.25) is 0 Å². The molecule has 21 heavy (non-hydrogen) atoms. The predicted molar refractivity (Wildman–Crippen MR) is 81.2 cm³/mol. The lowest BCUT2D eigenvalue weighted by molar-refractivity contribution is -0.131. The average molecular weight is 312 g/mol. The van der Waals surface area contributed by atoms with Crippen LogP contribution in [0.15, 0.2) is 24.3 Å². The molecule has 0 spiro atoms. The molecule has 0 aromatic heterocycles. The van der Waals surface area contributed by atoms with Gasteiger partial charge in [0.15, 0.2) is 0 Å². The summed E-state index contributed by atoms with van der Waals surface area (Å²) >= 11 is 5.89. The minimum atomic E-state index is -1.05. The molecule has 1 aromatic carbocycles. The quantitative estimate of drug-likeness (QED) is 0.835. The fraction of sp³-hybridized carbons (Fsp3) is 0.333. The Morgan fingerprint density at radius 3 is 2.62 bits per heavy atom. The van der Waals surface area contributed by atoms with Crippen molar-refractivity contribution in [3.63, 3.8) is 0 Å². The maximum Gasteiger partial charge on any atom is 0.407 e. The number of amides is 1. The molecular formula is C15H18ClNO4. The molecule has 1 amide bonds. The van der Waals surface area contributed by atoms with Crippen LogP contribution in [-0.2, 0) is 16.1 Å². The summed E-state index contributed by atoms with van der Waals surface area (Å²) < 4.78 is 5.13. The Kier molecular flexibility index (Phi) is 5.79. The van der Waals surface area contributed by atoms with Crippen LogP contribution in [0.25, 0.3) is 6.08 Å². The van der Waals surface area contributed by atoms with Gasteiger partial charge in [-0.2, -0.15) is 0 Å². The highest BCUT2D eigenvalue weighted by molar-refractivity contribution is 6.30. The summed E-state index contributed by atoms with van der Waals surface area (Å²) in [4.78, 5) is 22.2. The molecule has 0 heterocycles. The average Bonchev–Trinajstić information content (AvgIpc) is 2.33. The number of carboxylic acids is 1. The Bertz CT molecular complexity index is 561. The van der Waals surface area contributed by atoms with Crippen molar-refractivity contribution in [3.8, 4) is 0 Å². The molecule has 6 heteroatoms. The van der Waals surface area contributed by atoms with Gasteiger partial charge >= 0.3 is 12.1 Å². The molecule has 114 valence electrons. The molecule has 0 fully saturated rings. The molecular weight excluding hydrogens is 294 g/mol. The lowest BCUT2D eigenvalue weighted by Gasteiger charge is -2.20. The number of carboxylic acid groups (broad SMARTS) is 1. The lowest BCUT2D eigenvalue weighted by atomic mass is 10.1. The lowest BCUT2D eigenvalue weighted by Crippen LogP contribution is -2.32. The van der Waals surface area contributed by atoms with E-state index in [0.29, 0.717) is 10.6 Å². The molecule has 0 aliphatic carbocycles. The van der Waals surface area contributed by atoms with Gasteiger partial charge in [-0.15, -0.1) is 0 Å². The Morgan fingerprint density at radius 2 is 2.05 bits per heavy atom. The zero-order chi connectivity index (χ0) is 16.0. The molecule has 2 N–H and O–H groups in total. The third-order valence-electron chi connectivity index (χ3n) is 2.34. The van der Waals surface area contributed by atoms with E-state index in [1.165, 1.54) is 6.08 Å². The van der Waals surface area contributed by atoms with Crippen LogP contribution in [0.2, 0.25) is 5.02 Å². The van der Waals surface area contributed by atoms with Crippen LogP contribution in [0.4, 0.5) is 4.79 Å². The number of aliphatic carboxylic acids is 1. The topological polar surface area (TPSA) is 75.6 Å². The maximum atomic E-state index is 11.6. The van der Waals surface area contributed by atoms with E-state index >= 15 is 0 Å². The van der Waals surface area contributed by atoms with Crippen LogP contribution < -0.4 is 5.32 Å². The van der Waals surface area contributed by atoms with E-state index in [2.05, 4.69) is 5.32 Å². The Labute approximate surface area is 128 Å². The molecule has 5 nitrogen and oxygen atoms in total. The van der Waals surface area contributed by atoms with E-state index in [4.69, 9.17) is 21.4 Å². The normalized spacial score (nSPS) is 11.4. The van der Waals surface area contributed by atoms with Gasteiger partial charge in [0.05, 0.1) is 0 Å². The number of carbonyl (C=O) groups is 2. The zero-order valence-electron chi connectivity index (χ0n) is 12.1. The molecule has 0 saturated heterocycles. The largest absolute Gasteiger partial charge is 0.478 e. The monoisotopic (exact) mass is 311 g/mol. The van der Waals surface area contributed by atoms with E-state index in [9.17, 15) is 9.59 Å². The summed E-state index contributed by atoms with van der Waals surface area (Å²) in [5, 5.41) is 11.8. The molecule has 0 aliphatic rings. The smallest absolute Gasteiger partial charge is 0.407 e. The number of rotatable bonds is 4. The minimum Gasteiger partial charge on any atom is -0.478 e. The van der Waals surface area contributed by atoms with Gasteiger partial charge in [0.1, 0.15) is 5.60 Å². The first-order valence-corrected chi connectivity index (χ1v) is 6.71. The van der Waals surface area contributed by atoms with E-state index in [-0.39, 0.29) is 6.54 Å². The summed E-state index contributed by atoms with van der Waals surface area (Å²) in [6.07, 6.45) is 1.91. The SMILES string of the molecule is CC(C)(C)OC(=O)NCc1ccc(Cl)cc1C=CC(=O)O. The van der Waals surface area contributed by atoms with Gasteiger partial charge in [0.25, 0.3) is 0 Å². The Hall–Kier alpha value is -2.01. The van der Waals surface area contributed by atoms with E-state index in [0.717, 1.165) is 11.6 Å². The van der Waals surface area contributed by atoms with E-state index < -0.39 is 17.7 Å². The predicted octanol–water partition coefficient (Wildman–Crippen LogP) is 3.46. The molecule has 0 unspecified atom stereocenters. The third-order valence-corrected chi connectivity index (χ3v) is 2.57. The van der Waals surface area contributed by atoms with Crippen molar-refractivity contribution in [1.82, 2.24) is 5.32 Å². The van der Waals surface area contributed by atoms with Crippen molar-refractivity contribution in [2.45, 2.75) is 32.9 Å². The number of alkyl carbamates (subject to hydrolysis) is 1. The van der Waals surface area contributed by atoms with Crippen LogP contribution >= 0.6 is 11.6 Å². The highest BCUT2D eigenvalue weighted by Gasteiger charge is 2.16. The first-order valence-electron chi connectivity index (χ1n) is 6.33. The van der Waals surface area contributed by atoms with Crippen molar-refractivity contribution >= 4 is 29.7 Å². The molecule has 0 saturated carbocycles.